The summed E-state index contributed by atoms with van der Waals surface area (Å²) >= 11 is 0. The zero-order valence-electron chi connectivity index (χ0n) is 44.7. The molecule has 422 valence electrons. The highest BCUT2D eigenvalue weighted by Gasteiger charge is 2.77. The van der Waals surface area contributed by atoms with Crippen molar-refractivity contribution in [3.05, 3.63) is 191 Å². The van der Waals surface area contributed by atoms with Crippen LogP contribution in [-0.4, -0.2) is 113 Å². The number of carbonyl (C=O) groups is 5. The van der Waals surface area contributed by atoms with E-state index in [1.807, 2.05) is 12.1 Å². The molecule has 80 heavy (non-hydrogen) atoms. The maximum absolute atomic E-state index is 15.9. The Morgan fingerprint density at radius 3 is 1.82 bits per heavy atom. The number of phosphoric acid groups is 1. The molecular formula is C60H64NO18P. The van der Waals surface area contributed by atoms with Crippen LogP contribution in [0.2, 0.25) is 0 Å². The molecule has 0 aromatic heterocycles. The van der Waals surface area contributed by atoms with Crippen molar-refractivity contribution in [2.75, 3.05) is 20.5 Å². The summed E-state index contributed by atoms with van der Waals surface area (Å²) in [7, 11) is -3.47. The molecule has 2 saturated carbocycles. The molecule has 9 unspecified atom stereocenters. The minimum Gasteiger partial charge on any atom is -0.455 e. The fraction of sp³-hybridized carbons (Fsp3) is 0.383. The van der Waals surface area contributed by atoms with Gasteiger partial charge >= 0.3 is 25.9 Å². The van der Waals surface area contributed by atoms with Gasteiger partial charge in [-0.05, 0) is 65.9 Å². The summed E-state index contributed by atoms with van der Waals surface area (Å²) in [5.74, 6) is -5.50. The number of carbonyl (C=O) groups excluding carboxylic acids is 5. The lowest BCUT2D eigenvalue weighted by molar-refractivity contribution is -0.349. The molecule has 1 saturated heterocycles. The smallest absolute Gasteiger partial charge is 0.455 e. The molecule has 5 aromatic rings. The first-order chi connectivity index (χ1) is 38.2. The van der Waals surface area contributed by atoms with Crippen molar-refractivity contribution >= 4 is 37.6 Å². The van der Waals surface area contributed by atoms with Crippen LogP contribution in [-0.2, 0) is 69.4 Å². The van der Waals surface area contributed by atoms with Crippen molar-refractivity contribution in [3.63, 3.8) is 0 Å². The van der Waals surface area contributed by atoms with Crippen LogP contribution in [0.15, 0.2) is 163 Å². The van der Waals surface area contributed by atoms with Gasteiger partial charge in [-0.3, -0.25) is 23.2 Å². The fourth-order valence-corrected chi connectivity index (χ4v) is 12.8. The van der Waals surface area contributed by atoms with Gasteiger partial charge in [0, 0.05) is 29.7 Å². The number of phosphoric ester groups is 1. The summed E-state index contributed by atoms with van der Waals surface area (Å²) in [5.41, 5.74) is -6.57. The van der Waals surface area contributed by atoms with Crippen LogP contribution in [0.4, 0.5) is 4.79 Å². The van der Waals surface area contributed by atoms with E-state index < -0.39 is 128 Å². The molecule has 1 amide bonds. The molecule has 9 rings (SSSR count). The van der Waals surface area contributed by atoms with Gasteiger partial charge in [-0.2, -0.15) is 0 Å². The molecule has 2 bridgehead atoms. The number of esters is 2. The van der Waals surface area contributed by atoms with Gasteiger partial charge in [0.25, 0.3) is 5.91 Å². The molecule has 0 spiro atoms. The average Bonchev–Trinajstić information content (AvgIpc) is 2.57. The summed E-state index contributed by atoms with van der Waals surface area (Å²) in [4.78, 5) is 72.3. The molecule has 0 radical (unpaired) electrons. The van der Waals surface area contributed by atoms with E-state index in [1.165, 1.54) is 39.8 Å². The van der Waals surface area contributed by atoms with Crippen LogP contribution in [0.25, 0.3) is 0 Å². The Bertz CT molecular complexity index is 3060. The van der Waals surface area contributed by atoms with Gasteiger partial charge in [-0.25, -0.2) is 18.9 Å². The third-order valence-electron chi connectivity index (χ3n) is 16.2. The first-order valence-electron chi connectivity index (χ1n) is 26.1. The molecule has 3 fully saturated rings. The van der Waals surface area contributed by atoms with Crippen LogP contribution in [0.5, 0.6) is 0 Å². The zero-order valence-corrected chi connectivity index (χ0v) is 45.6. The molecule has 20 heteroatoms. The first-order valence-corrected chi connectivity index (χ1v) is 27.5. The van der Waals surface area contributed by atoms with Crippen LogP contribution in [0.1, 0.15) is 84.0 Å². The number of amides is 1. The largest absolute Gasteiger partial charge is 0.508 e. The molecule has 4 aliphatic rings. The predicted molar refractivity (Wildman–Crippen MR) is 285 cm³/mol. The van der Waals surface area contributed by atoms with Gasteiger partial charge in [0.1, 0.15) is 35.6 Å². The van der Waals surface area contributed by atoms with E-state index in [-0.39, 0.29) is 41.9 Å². The van der Waals surface area contributed by atoms with Crippen LogP contribution < -0.4 is 5.32 Å². The zero-order chi connectivity index (χ0) is 57.0. The van der Waals surface area contributed by atoms with Crippen LogP contribution in [0, 0.1) is 16.7 Å². The number of benzene rings is 5. The van der Waals surface area contributed by atoms with Crippen molar-refractivity contribution in [2.24, 2.45) is 16.7 Å². The molecule has 1 heterocycles. The Morgan fingerprint density at radius 1 is 0.750 bits per heavy atom. The van der Waals surface area contributed by atoms with E-state index in [9.17, 15) is 39.1 Å². The Kier molecular flexibility index (Phi) is 17.1. The molecule has 3 aliphatic carbocycles. The number of aliphatic hydroxyl groups excluding tert-OH is 1. The molecule has 11 atom stereocenters. The maximum Gasteiger partial charge on any atom is 0.508 e. The Hall–Kier alpha value is -6.90. The predicted octanol–water partition coefficient (Wildman–Crippen LogP) is 7.92. The third-order valence-corrected chi connectivity index (χ3v) is 17.5. The van der Waals surface area contributed by atoms with Crippen molar-refractivity contribution in [1.82, 2.24) is 5.32 Å². The molecule has 4 N–H and O–H groups in total. The Morgan fingerprint density at radius 2 is 1.29 bits per heavy atom. The van der Waals surface area contributed by atoms with Crippen molar-refractivity contribution in [1.29, 1.82) is 0 Å². The SMILES string of the molecule is COC(=O)OC(C(=O)OC1CC2(O)C(OC(=O)c3ccccc3)C3[C@]4(O)COC4CC(OCOP(=O)(OCc4ccccc4)OCc4ccccc4)[C@@]3(C)C(=O)C(O)C(=C1C)C2(C)C)C(NC(=O)c1ccccc1)c1ccccc1. The summed E-state index contributed by atoms with van der Waals surface area (Å²) in [6.45, 7) is 4.36. The monoisotopic (exact) mass is 1120 g/mol. The second-order valence-corrected chi connectivity index (χ2v) is 22.8. The number of fused-ring (bicyclic) bond motifs is 5. The first kappa shape index (κ1) is 57.8. The molecule has 1 aliphatic heterocycles. The summed E-state index contributed by atoms with van der Waals surface area (Å²) < 4.78 is 67.7. The third kappa shape index (κ3) is 11.3. The van der Waals surface area contributed by atoms with Gasteiger partial charge in [0.15, 0.2) is 12.6 Å². The maximum atomic E-state index is 15.9. The van der Waals surface area contributed by atoms with E-state index >= 15 is 4.79 Å². The number of aliphatic hydroxyl groups is 3. The average molecular weight is 1120 g/mol. The number of ether oxygens (including phenoxy) is 6. The second-order valence-electron chi connectivity index (χ2n) is 21.1. The van der Waals surface area contributed by atoms with Crippen LogP contribution in [0.3, 0.4) is 0 Å². The number of Topliss-reactive ketones (excluding diaryl/α,β-unsaturated/α-hetero) is 1. The topological polar surface area (TPSA) is 258 Å². The highest BCUT2D eigenvalue weighted by Crippen LogP contribution is 2.64. The lowest BCUT2D eigenvalue weighted by Crippen LogP contribution is -2.81. The van der Waals surface area contributed by atoms with E-state index in [2.05, 4.69) is 5.32 Å². The van der Waals surface area contributed by atoms with Crippen molar-refractivity contribution in [3.8, 4) is 0 Å². The van der Waals surface area contributed by atoms with Gasteiger partial charge in [0.2, 0.25) is 6.10 Å². The van der Waals surface area contributed by atoms with Crippen molar-refractivity contribution in [2.45, 2.75) is 108 Å². The van der Waals surface area contributed by atoms with E-state index in [1.54, 1.807) is 127 Å². The number of nitrogens with one attached hydrogen (secondary N) is 1. The van der Waals surface area contributed by atoms with Gasteiger partial charge in [-0.15, -0.1) is 0 Å². The Balaban J connectivity index is 1.11. The number of methoxy groups -OCH3 is 1. The Labute approximate surface area is 462 Å². The van der Waals surface area contributed by atoms with E-state index in [0.29, 0.717) is 16.7 Å². The minimum atomic E-state index is -4.50. The normalized spacial score (nSPS) is 27.5. The summed E-state index contributed by atoms with van der Waals surface area (Å²) in [5, 5.41) is 42.6. The highest BCUT2D eigenvalue weighted by molar-refractivity contribution is 7.48. The van der Waals surface area contributed by atoms with Crippen LogP contribution >= 0.6 is 7.82 Å². The summed E-state index contributed by atoms with van der Waals surface area (Å²) in [6.07, 6.45) is -12.3. The lowest BCUT2D eigenvalue weighted by atomic mass is 9.44. The number of ketones is 1. The summed E-state index contributed by atoms with van der Waals surface area (Å²) in [6, 6.07) is 40.4. The quantitative estimate of drug-likeness (QED) is 0.0201. The fourth-order valence-electron chi connectivity index (χ4n) is 11.8. The van der Waals surface area contributed by atoms with Gasteiger partial charge in [0.05, 0.1) is 50.1 Å². The van der Waals surface area contributed by atoms with E-state index in [4.69, 9.17) is 42.0 Å². The standard InChI is InChI=1S/C60H64NO18P/c1-37-43(77-55(66)49(78-56(67)71-5)47(40-25-15-8-16-26-40)61-53(64)41-27-17-9-18-28-41)32-60(69)52(79-54(65)42-29-19-10-20-30-42)50-58(4,51(63)48(62)46(37)57(60,2)3)44(31-45-59(50,68)35-72-45)73-36-76-80(70,74-33-38-21-11-6-12-22-38)75-34-39-23-13-7-14-24-39/h6-30,43-45,47-50,52,62,68-69H,31-36H2,1-5H3,(H,61,64)/t43?,44?,45?,47?,48?,49?,50?,52?,58-,59+,60?/m1/s1. The van der Waals surface area contributed by atoms with Crippen molar-refractivity contribution < 1.29 is 85.8 Å². The number of rotatable bonds is 19. The number of hydrogen-bond acceptors (Lipinski definition) is 18. The lowest BCUT2D eigenvalue weighted by Gasteiger charge is -2.67. The minimum absolute atomic E-state index is 0.0363. The highest BCUT2D eigenvalue weighted by atomic mass is 31.2. The molecular weight excluding hydrogens is 1050 g/mol. The number of hydrogen-bond donors (Lipinski definition) is 4. The molecule has 19 nitrogen and oxygen atoms in total. The van der Waals surface area contributed by atoms with Gasteiger partial charge in [-0.1, -0.05) is 141 Å². The van der Waals surface area contributed by atoms with Gasteiger partial charge < -0.3 is 49.1 Å². The van der Waals surface area contributed by atoms with E-state index in [0.717, 1.165) is 7.11 Å². The second kappa shape index (κ2) is 23.7. The molecule has 5 aromatic carbocycles.